The second-order valence-electron chi connectivity index (χ2n) is 7.82. The highest BCUT2D eigenvalue weighted by Crippen LogP contribution is 2.27. The van der Waals surface area contributed by atoms with Gasteiger partial charge >= 0.3 is 0 Å². The molecule has 1 aliphatic rings. The molecule has 25 heavy (non-hydrogen) atoms. The summed E-state index contributed by atoms with van der Waals surface area (Å²) < 4.78 is 26.5. The van der Waals surface area contributed by atoms with Gasteiger partial charge in [-0.1, -0.05) is 19.1 Å². The van der Waals surface area contributed by atoms with Gasteiger partial charge in [0.15, 0.2) is 0 Å². The Kier molecular flexibility index (Phi) is 6.27. The van der Waals surface area contributed by atoms with E-state index in [0.29, 0.717) is 25.7 Å². The molecule has 0 heterocycles. The predicted octanol–water partition coefficient (Wildman–Crippen LogP) is 3.46. The molecule has 0 atom stereocenters. The van der Waals surface area contributed by atoms with Crippen LogP contribution in [0.5, 0.6) is 0 Å². The van der Waals surface area contributed by atoms with E-state index < -0.39 is 14.8 Å². The molecule has 0 bridgehead atoms. The molecule has 1 saturated carbocycles. The number of carbonyl (C=O) groups is 1. The molecular weight excluding hydrogens is 336 g/mol. The Morgan fingerprint density at radius 1 is 1.08 bits per heavy atom. The first kappa shape index (κ1) is 19.9. The van der Waals surface area contributed by atoms with Crippen molar-refractivity contribution in [3.63, 3.8) is 0 Å². The molecule has 0 saturated heterocycles. The lowest BCUT2D eigenvalue weighted by Crippen LogP contribution is -2.46. The van der Waals surface area contributed by atoms with Crippen molar-refractivity contribution in [3.05, 3.63) is 29.8 Å². The molecule has 0 aromatic heterocycles. The van der Waals surface area contributed by atoms with Crippen LogP contribution in [-0.2, 0) is 21.2 Å². The lowest BCUT2D eigenvalue weighted by molar-refractivity contribution is -0.120. The van der Waals surface area contributed by atoms with Crippen LogP contribution in [0, 0.1) is 5.92 Å². The second-order valence-corrected chi connectivity index (χ2v) is 10.3. The zero-order chi connectivity index (χ0) is 18.7. The van der Waals surface area contributed by atoms with Crippen LogP contribution < -0.4 is 10.0 Å². The number of anilines is 1. The number of carbonyl (C=O) groups excluding carboxylic acids is 1. The molecule has 1 aromatic rings. The summed E-state index contributed by atoms with van der Waals surface area (Å²) in [5.41, 5.74) is 2.06. The van der Waals surface area contributed by atoms with Crippen molar-refractivity contribution in [1.82, 2.24) is 4.72 Å². The Hall–Kier alpha value is -1.40. The minimum atomic E-state index is -3.34. The van der Waals surface area contributed by atoms with E-state index in [9.17, 15) is 13.2 Å². The molecule has 5 nitrogen and oxygen atoms in total. The number of nitrogens with one attached hydrogen (secondary N) is 2. The number of aryl methyl sites for hydroxylation is 1. The van der Waals surface area contributed by atoms with Gasteiger partial charge in [-0.15, -0.1) is 0 Å². The third-order valence-corrected chi connectivity index (χ3v) is 7.11. The zero-order valence-electron chi connectivity index (χ0n) is 15.6. The molecule has 1 fully saturated rings. The summed E-state index contributed by atoms with van der Waals surface area (Å²) >= 11 is 0. The minimum absolute atomic E-state index is 0.0291. The lowest BCUT2D eigenvalue weighted by Gasteiger charge is -2.30. The van der Waals surface area contributed by atoms with Crippen molar-refractivity contribution < 1.29 is 13.2 Å². The number of benzene rings is 1. The van der Waals surface area contributed by atoms with Crippen molar-refractivity contribution in [2.24, 2.45) is 5.92 Å². The molecular formula is C19H30N2O3S. The van der Waals surface area contributed by atoms with Crippen LogP contribution in [0.2, 0.25) is 0 Å². The Balaban J connectivity index is 1.85. The Morgan fingerprint density at radius 3 is 2.12 bits per heavy atom. The van der Waals surface area contributed by atoms with Gasteiger partial charge in [0, 0.05) is 17.6 Å². The van der Waals surface area contributed by atoms with Crippen LogP contribution in [0.1, 0.15) is 58.9 Å². The first-order chi connectivity index (χ1) is 11.6. The highest BCUT2D eigenvalue weighted by atomic mass is 32.2. The van der Waals surface area contributed by atoms with Crippen molar-refractivity contribution >= 4 is 21.6 Å². The van der Waals surface area contributed by atoms with Crippen molar-refractivity contribution in [1.29, 1.82) is 0 Å². The summed E-state index contributed by atoms with van der Waals surface area (Å²) in [6.07, 6.45) is 3.78. The van der Waals surface area contributed by atoms with Gasteiger partial charge in [-0.25, -0.2) is 13.1 Å². The molecule has 0 radical (unpaired) electrons. The Labute approximate surface area is 151 Å². The molecule has 1 amide bonds. The zero-order valence-corrected chi connectivity index (χ0v) is 16.4. The predicted molar refractivity (Wildman–Crippen MR) is 102 cm³/mol. The molecule has 6 heteroatoms. The van der Waals surface area contributed by atoms with E-state index in [1.807, 2.05) is 24.3 Å². The van der Waals surface area contributed by atoms with E-state index >= 15 is 0 Å². The van der Waals surface area contributed by atoms with Crippen LogP contribution >= 0.6 is 0 Å². The second kappa shape index (κ2) is 7.87. The van der Waals surface area contributed by atoms with E-state index in [2.05, 4.69) is 17.0 Å². The van der Waals surface area contributed by atoms with Gasteiger partial charge in [0.1, 0.15) is 0 Å². The van der Waals surface area contributed by atoms with Crippen LogP contribution in [0.3, 0.4) is 0 Å². The van der Waals surface area contributed by atoms with Crippen LogP contribution in [-0.4, -0.2) is 25.1 Å². The first-order valence-electron chi connectivity index (χ1n) is 9.04. The van der Waals surface area contributed by atoms with Gasteiger partial charge < -0.3 is 5.32 Å². The summed E-state index contributed by atoms with van der Waals surface area (Å²) in [6, 6.07) is 7.83. The van der Waals surface area contributed by atoms with Crippen LogP contribution in [0.25, 0.3) is 0 Å². The van der Waals surface area contributed by atoms with E-state index in [1.54, 1.807) is 20.8 Å². The van der Waals surface area contributed by atoms with E-state index in [-0.39, 0.29) is 17.9 Å². The molecule has 2 N–H and O–H groups in total. The van der Waals surface area contributed by atoms with Gasteiger partial charge in [-0.2, -0.15) is 0 Å². The van der Waals surface area contributed by atoms with Crippen LogP contribution in [0.15, 0.2) is 24.3 Å². The Bertz CT molecular complexity index is 682. The summed E-state index contributed by atoms with van der Waals surface area (Å²) in [7, 11) is -3.34. The number of amides is 1. The average Bonchev–Trinajstić information content (AvgIpc) is 2.55. The largest absolute Gasteiger partial charge is 0.326 e. The maximum atomic E-state index is 12.4. The van der Waals surface area contributed by atoms with Gasteiger partial charge in [0.2, 0.25) is 15.9 Å². The fourth-order valence-electron chi connectivity index (χ4n) is 2.94. The van der Waals surface area contributed by atoms with Gasteiger partial charge in [0.05, 0.1) is 4.75 Å². The number of hydrogen-bond acceptors (Lipinski definition) is 3. The molecule has 1 aromatic carbocycles. The van der Waals surface area contributed by atoms with Gasteiger partial charge in [-0.3, -0.25) is 4.79 Å². The van der Waals surface area contributed by atoms with Crippen molar-refractivity contribution in [2.45, 2.75) is 70.6 Å². The minimum Gasteiger partial charge on any atom is -0.326 e. The van der Waals surface area contributed by atoms with Crippen LogP contribution in [0.4, 0.5) is 5.69 Å². The Morgan fingerprint density at radius 2 is 1.64 bits per heavy atom. The van der Waals surface area contributed by atoms with E-state index in [0.717, 1.165) is 12.1 Å². The molecule has 0 unspecified atom stereocenters. The van der Waals surface area contributed by atoms with Crippen molar-refractivity contribution in [2.75, 3.05) is 5.32 Å². The normalized spacial score (nSPS) is 21.8. The maximum absolute atomic E-state index is 12.4. The lowest BCUT2D eigenvalue weighted by atomic mass is 9.86. The molecule has 0 spiro atoms. The highest BCUT2D eigenvalue weighted by molar-refractivity contribution is 7.90. The standard InChI is InChI=1S/C19H30N2O3S/c1-5-14-6-10-16(11-7-14)20-18(22)15-8-12-17(13-9-15)21-25(23,24)19(2,3)4/h6-7,10-11,15,17,21H,5,8-9,12-13H2,1-4H3,(H,20,22)/t15-,17-. The summed E-state index contributed by atoms with van der Waals surface area (Å²) in [5, 5.41) is 2.97. The summed E-state index contributed by atoms with van der Waals surface area (Å²) in [5.74, 6) is -0.0254. The van der Waals surface area contributed by atoms with Crippen molar-refractivity contribution in [3.8, 4) is 0 Å². The van der Waals surface area contributed by atoms with Gasteiger partial charge in [-0.05, 0) is 70.6 Å². The third-order valence-electron chi connectivity index (χ3n) is 4.86. The average molecular weight is 367 g/mol. The highest BCUT2D eigenvalue weighted by Gasteiger charge is 2.34. The summed E-state index contributed by atoms with van der Waals surface area (Å²) in [4.78, 5) is 12.4. The monoisotopic (exact) mass is 366 g/mol. The fourth-order valence-corrected chi connectivity index (χ4v) is 3.97. The molecule has 140 valence electrons. The smallest absolute Gasteiger partial charge is 0.227 e. The molecule has 1 aliphatic carbocycles. The maximum Gasteiger partial charge on any atom is 0.227 e. The van der Waals surface area contributed by atoms with Gasteiger partial charge in [0.25, 0.3) is 0 Å². The quantitative estimate of drug-likeness (QED) is 0.838. The topological polar surface area (TPSA) is 75.3 Å². The molecule has 2 rings (SSSR count). The number of rotatable bonds is 5. The third kappa shape index (κ3) is 5.28. The van der Waals surface area contributed by atoms with E-state index in [4.69, 9.17) is 0 Å². The number of hydrogen-bond donors (Lipinski definition) is 2. The van der Waals surface area contributed by atoms with E-state index in [1.165, 1.54) is 5.56 Å². The summed E-state index contributed by atoms with van der Waals surface area (Å²) in [6.45, 7) is 7.18. The first-order valence-corrected chi connectivity index (χ1v) is 10.5. The fraction of sp³-hybridized carbons (Fsp3) is 0.632. The SMILES string of the molecule is CCc1ccc(NC(=O)[C@H]2CC[C@H](NS(=O)(=O)C(C)(C)C)CC2)cc1. The molecule has 0 aliphatic heterocycles. The number of sulfonamides is 1.